The molecule has 0 bridgehead atoms. The van der Waals surface area contributed by atoms with Gasteiger partial charge in [-0.3, -0.25) is 4.79 Å². The van der Waals surface area contributed by atoms with Crippen molar-refractivity contribution in [3.63, 3.8) is 0 Å². The number of anilines is 2. The minimum atomic E-state index is -0.517. The van der Waals surface area contributed by atoms with Gasteiger partial charge in [0.25, 0.3) is 0 Å². The summed E-state index contributed by atoms with van der Waals surface area (Å²) in [5.41, 5.74) is 6.01. The standard InChI is InChI=1S/C15H15FN2O2/c16-13-7-6-11(17)10-14(13)18-15(19)8-9-20-12-4-2-1-3-5-12/h1-7,10H,8-9,17H2,(H,18,19). The molecule has 0 unspecified atom stereocenters. The summed E-state index contributed by atoms with van der Waals surface area (Å²) in [6, 6.07) is 13.2. The summed E-state index contributed by atoms with van der Waals surface area (Å²) in [6.07, 6.45) is 0.128. The number of carbonyl (C=O) groups is 1. The van der Waals surface area contributed by atoms with E-state index in [0.717, 1.165) is 0 Å². The van der Waals surface area contributed by atoms with Crippen LogP contribution in [0.5, 0.6) is 5.75 Å². The Labute approximate surface area is 116 Å². The Bertz CT molecular complexity index is 588. The molecule has 5 heteroatoms. The van der Waals surface area contributed by atoms with Crippen LogP contribution in [0.1, 0.15) is 6.42 Å². The molecule has 4 nitrogen and oxygen atoms in total. The summed E-state index contributed by atoms with van der Waals surface area (Å²) in [5.74, 6) is -0.155. The molecule has 0 saturated heterocycles. The molecule has 0 heterocycles. The molecule has 2 rings (SSSR count). The molecule has 1 amide bonds. The van der Waals surface area contributed by atoms with E-state index in [1.165, 1.54) is 18.2 Å². The molecule has 0 saturated carbocycles. The van der Waals surface area contributed by atoms with Gasteiger partial charge in [0.05, 0.1) is 18.7 Å². The summed E-state index contributed by atoms with van der Waals surface area (Å²) >= 11 is 0. The number of amides is 1. The van der Waals surface area contributed by atoms with Gasteiger partial charge in [0.1, 0.15) is 11.6 Å². The fourth-order valence-electron chi connectivity index (χ4n) is 1.63. The fourth-order valence-corrected chi connectivity index (χ4v) is 1.63. The van der Waals surface area contributed by atoms with Gasteiger partial charge in [-0.2, -0.15) is 0 Å². The number of benzene rings is 2. The van der Waals surface area contributed by atoms with Gasteiger partial charge in [0, 0.05) is 5.69 Å². The third-order valence-corrected chi connectivity index (χ3v) is 2.61. The average molecular weight is 274 g/mol. The van der Waals surface area contributed by atoms with Gasteiger partial charge in [-0.1, -0.05) is 18.2 Å². The van der Waals surface area contributed by atoms with Crippen LogP contribution in [0, 0.1) is 5.82 Å². The first-order valence-corrected chi connectivity index (χ1v) is 6.18. The molecule has 3 N–H and O–H groups in total. The molecule has 0 fully saturated rings. The van der Waals surface area contributed by atoms with Crippen LogP contribution in [0.2, 0.25) is 0 Å². The van der Waals surface area contributed by atoms with Gasteiger partial charge in [-0.25, -0.2) is 4.39 Å². The van der Waals surface area contributed by atoms with Crippen LogP contribution >= 0.6 is 0 Å². The second kappa shape index (κ2) is 6.56. The van der Waals surface area contributed by atoms with E-state index in [2.05, 4.69) is 5.32 Å². The highest BCUT2D eigenvalue weighted by Crippen LogP contribution is 2.17. The van der Waals surface area contributed by atoms with Gasteiger partial charge in [0.15, 0.2) is 0 Å². The first kappa shape index (κ1) is 13.9. The van der Waals surface area contributed by atoms with E-state index in [-0.39, 0.29) is 24.6 Å². The molecule has 20 heavy (non-hydrogen) atoms. The average Bonchev–Trinajstić information content (AvgIpc) is 2.44. The van der Waals surface area contributed by atoms with Crippen LogP contribution in [0.25, 0.3) is 0 Å². The lowest BCUT2D eigenvalue weighted by atomic mass is 10.2. The normalized spacial score (nSPS) is 10.1. The summed E-state index contributed by atoms with van der Waals surface area (Å²) in [4.78, 5) is 11.7. The molecule has 0 radical (unpaired) electrons. The van der Waals surface area contributed by atoms with Crippen molar-refractivity contribution in [2.24, 2.45) is 0 Å². The molecule has 0 atom stereocenters. The van der Waals surface area contributed by atoms with Crippen molar-refractivity contribution < 1.29 is 13.9 Å². The van der Waals surface area contributed by atoms with Crippen LogP contribution < -0.4 is 15.8 Å². The Balaban J connectivity index is 1.82. The molecule has 0 aromatic heterocycles. The van der Waals surface area contributed by atoms with Crippen LogP contribution in [0.4, 0.5) is 15.8 Å². The quantitative estimate of drug-likeness (QED) is 0.824. The second-order valence-corrected chi connectivity index (χ2v) is 4.20. The van der Waals surface area contributed by atoms with Gasteiger partial charge >= 0.3 is 0 Å². The zero-order valence-electron chi connectivity index (χ0n) is 10.8. The monoisotopic (exact) mass is 274 g/mol. The molecule has 0 spiro atoms. The van der Waals surface area contributed by atoms with Crippen molar-refractivity contribution in [2.45, 2.75) is 6.42 Å². The van der Waals surface area contributed by atoms with E-state index in [4.69, 9.17) is 10.5 Å². The van der Waals surface area contributed by atoms with Crippen molar-refractivity contribution in [3.8, 4) is 5.75 Å². The Morgan fingerprint density at radius 1 is 1.20 bits per heavy atom. The molecule has 2 aromatic rings. The minimum Gasteiger partial charge on any atom is -0.493 e. The highest BCUT2D eigenvalue weighted by molar-refractivity contribution is 5.91. The van der Waals surface area contributed by atoms with Gasteiger partial charge in [-0.15, -0.1) is 0 Å². The van der Waals surface area contributed by atoms with Crippen LogP contribution in [0.3, 0.4) is 0 Å². The number of halogens is 1. The number of hydrogen-bond acceptors (Lipinski definition) is 3. The summed E-state index contributed by atoms with van der Waals surface area (Å²) in [5, 5.41) is 2.46. The smallest absolute Gasteiger partial charge is 0.227 e. The van der Waals surface area contributed by atoms with Gasteiger partial charge in [-0.05, 0) is 30.3 Å². The molecular weight excluding hydrogens is 259 g/mol. The van der Waals surface area contributed by atoms with Crippen molar-refractivity contribution in [3.05, 3.63) is 54.3 Å². The molecule has 0 aliphatic rings. The number of nitrogens with two attached hydrogens (primary N) is 1. The fraction of sp³-hybridized carbons (Fsp3) is 0.133. The predicted octanol–water partition coefficient (Wildman–Crippen LogP) is 2.82. The number of carbonyl (C=O) groups excluding carboxylic acids is 1. The molecule has 0 aliphatic heterocycles. The van der Waals surface area contributed by atoms with E-state index in [9.17, 15) is 9.18 Å². The maximum absolute atomic E-state index is 13.4. The number of nitrogens with one attached hydrogen (secondary N) is 1. The molecule has 2 aromatic carbocycles. The summed E-state index contributed by atoms with van der Waals surface area (Å²) in [6.45, 7) is 0.222. The van der Waals surface area contributed by atoms with Gasteiger partial charge < -0.3 is 15.8 Å². The second-order valence-electron chi connectivity index (χ2n) is 4.20. The number of hydrogen-bond donors (Lipinski definition) is 2. The SMILES string of the molecule is Nc1ccc(F)c(NC(=O)CCOc2ccccc2)c1. The summed E-state index contributed by atoms with van der Waals surface area (Å²) < 4.78 is 18.8. The van der Waals surface area contributed by atoms with Crippen LogP contribution in [-0.2, 0) is 4.79 Å². The van der Waals surface area contributed by atoms with Crippen LogP contribution in [-0.4, -0.2) is 12.5 Å². The number of nitrogen functional groups attached to an aromatic ring is 1. The number of para-hydroxylation sites is 1. The lowest BCUT2D eigenvalue weighted by Gasteiger charge is -2.08. The van der Waals surface area contributed by atoms with Crippen molar-refractivity contribution >= 4 is 17.3 Å². The third kappa shape index (κ3) is 3.98. The maximum atomic E-state index is 13.4. The summed E-state index contributed by atoms with van der Waals surface area (Å²) in [7, 11) is 0. The number of ether oxygens (including phenoxy) is 1. The molecular formula is C15H15FN2O2. The lowest BCUT2D eigenvalue weighted by Crippen LogP contribution is -2.16. The van der Waals surface area contributed by atoms with E-state index in [1.807, 2.05) is 18.2 Å². The Morgan fingerprint density at radius 2 is 1.95 bits per heavy atom. The van der Waals surface area contributed by atoms with Crippen molar-refractivity contribution in [2.75, 3.05) is 17.7 Å². The number of rotatable bonds is 5. The lowest BCUT2D eigenvalue weighted by molar-refractivity contribution is -0.116. The van der Waals surface area contributed by atoms with Crippen molar-refractivity contribution in [1.29, 1.82) is 0 Å². The van der Waals surface area contributed by atoms with E-state index in [0.29, 0.717) is 11.4 Å². The highest BCUT2D eigenvalue weighted by atomic mass is 19.1. The highest BCUT2D eigenvalue weighted by Gasteiger charge is 2.07. The molecule has 0 aliphatic carbocycles. The topological polar surface area (TPSA) is 64.3 Å². The minimum absolute atomic E-state index is 0.0784. The zero-order chi connectivity index (χ0) is 14.4. The maximum Gasteiger partial charge on any atom is 0.227 e. The molecule has 104 valence electrons. The Kier molecular flexibility index (Phi) is 4.55. The first-order valence-electron chi connectivity index (χ1n) is 6.18. The third-order valence-electron chi connectivity index (χ3n) is 2.61. The van der Waals surface area contributed by atoms with Gasteiger partial charge in [0.2, 0.25) is 5.91 Å². The van der Waals surface area contributed by atoms with E-state index < -0.39 is 5.82 Å². The van der Waals surface area contributed by atoms with Crippen LogP contribution in [0.15, 0.2) is 48.5 Å². The van der Waals surface area contributed by atoms with E-state index in [1.54, 1.807) is 12.1 Å². The van der Waals surface area contributed by atoms with E-state index >= 15 is 0 Å². The predicted molar refractivity (Wildman–Crippen MR) is 76.0 cm³/mol. The Hall–Kier alpha value is -2.56. The van der Waals surface area contributed by atoms with Crippen molar-refractivity contribution in [1.82, 2.24) is 0 Å². The Morgan fingerprint density at radius 3 is 2.70 bits per heavy atom. The first-order chi connectivity index (χ1) is 9.65. The zero-order valence-corrected chi connectivity index (χ0v) is 10.8. The largest absolute Gasteiger partial charge is 0.493 e.